The molecule has 1 N–H and O–H groups in total. The molecule has 1 aromatic carbocycles. The molecule has 7 nitrogen and oxygen atoms in total. The lowest BCUT2D eigenvalue weighted by Gasteiger charge is -2.33. The topological polar surface area (TPSA) is 79.0 Å². The van der Waals surface area contributed by atoms with Gasteiger partial charge in [-0.25, -0.2) is 4.79 Å². The Balaban J connectivity index is 1.42. The number of piperidine rings is 1. The zero-order valence-electron chi connectivity index (χ0n) is 18.0. The van der Waals surface area contributed by atoms with E-state index in [9.17, 15) is 14.4 Å². The van der Waals surface area contributed by atoms with Crippen molar-refractivity contribution in [2.24, 2.45) is 0 Å². The number of nitrogens with zero attached hydrogens (tertiary/aromatic N) is 2. The van der Waals surface area contributed by atoms with E-state index < -0.39 is 11.7 Å². The molecule has 0 aromatic heterocycles. The van der Waals surface area contributed by atoms with Gasteiger partial charge in [-0.15, -0.1) is 11.8 Å². The lowest BCUT2D eigenvalue weighted by molar-refractivity contribution is -0.134. The Hall–Kier alpha value is -2.22. The highest BCUT2D eigenvalue weighted by Crippen LogP contribution is 2.34. The average Bonchev–Trinajstić information content (AvgIpc) is 2.70. The number of ether oxygens (including phenoxy) is 1. The fourth-order valence-corrected chi connectivity index (χ4v) is 4.68. The van der Waals surface area contributed by atoms with E-state index in [4.69, 9.17) is 4.74 Å². The highest BCUT2D eigenvalue weighted by Gasteiger charge is 2.27. The number of benzene rings is 1. The summed E-state index contributed by atoms with van der Waals surface area (Å²) in [6, 6.07) is 7.91. The smallest absolute Gasteiger partial charge is 0.407 e. The number of alkyl carbamates (subject to hydrolysis) is 1. The van der Waals surface area contributed by atoms with Gasteiger partial charge in [-0.05, 0) is 45.7 Å². The van der Waals surface area contributed by atoms with Crippen molar-refractivity contribution in [2.75, 3.05) is 30.3 Å². The number of anilines is 1. The summed E-state index contributed by atoms with van der Waals surface area (Å²) in [5, 5.41) is 2.88. The molecular formula is C22H31N3O4S. The van der Waals surface area contributed by atoms with Crippen LogP contribution in [0.3, 0.4) is 0 Å². The molecule has 1 fully saturated rings. The fourth-order valence-electron chi connectivity index (χ4n) is 3.68. The molecule has 0 radical (unpaired) electrons. The predicted molar refractivity (Wildman–Crippen MR) is 118 cm³/mol. The third-order valence-corrected chi connectivity index (χ3v) is 6.19. The summed E-state index contributed by atoms with van der Waals surface area (Å²) in [7, 11) is 0. The first-order chi connectivity index (χ1) is 14.2. The highest BCUT2D eigenvalue weighted by atomic mass is 32.2. The lowest BCUT2D eigenvalue weighted by Crippen LogP contribution is -2.47. The number of amides is 3. The molecular weight excluding hydrogens is 402 g/mol. The Kier molecular flexibility index (Phi) is 7.28. The summed E-state index contributed by atoms with van der Waals surface area (Å²) in [5.41, 5.74) is 0.418. The Morgan fingerprint density at radius 3 is 2.43 bits per heavy atom. The predicted octanol–water partition coefficient (Wildman–Crippen LogP) is 3.42. The minimum Gasteiger partial charge on any atom is -0.444 e. The van der Waals surface area contributed by atoms with Crippen molar-refractivity contribution in [1.82, 2.24) is 10.2 Å². The molecule has 0 saturated carbocycles. The number of fused-ring (bicyclic) bond motifs is 1. The van der Waals surface area contributed by atoms with Crippen molar-refractivity contribution < 1.29 is 19.1 Å². The number of hydrogen-bond acceptors (Lipinski definition) is 5. The molecule has 3 amide bonds. The molecule has 0 unspecified atom stereocenters. The number of rotatable bonds is 4. The third-order valence-electron chi connectivity index (χ3n) is 5.15. The van der Waals surface area contributed by atoms with Gasteiger partial charge in [0.05, 0.1) is 5.69 Å². The van der Waals surface area contributed by atoms with Crippen LogP contribution in [-0.2, 0) is 14.3 Å². The number of thioether (sulfide) groups is 1. The first kappa shape index (κ1) is 22.5. The van der Waals surface area contributed by atoms with E-state index in [1.165, 1.54) is 0 Å². The van der Waals surface area contributed by atoms with Gasteiger partial charge < -0.3 is 19.9 Å². The number of likely N-dealkylation sites (tertiary alicyclic amines) is 1. The number of nitrogens with one attached hydrogen (secondary N) is 1. The Labute approximate surface area is 182 Å². The van der Waals surface area contributed by atoms with E-state index in [1.807, 2.05) is 45.0 Å². The second-order valence-corrected chi connectivity index (χ2v) is 9.80. The first-order valence-electron chi connectivity index (χ1n) is 10.5. The second kappa shape index (κ2) is 9.73. The normalized spacial score (nSPS) is 17.3. The second-order valence-electron chi connectivity index (χ2n) is 8.66. The molecule has 164 valence electrons. The van der Waals surface area contributed by atoms with Crippen molar-refractivity contribution in [2.45, 2.75) is 63.0 Å². The van der Waals surface area contributed by atoms with Crippen LogP contribution in [0.15, 0.2) is 29.2 Å². The average molecular weight is 434 g/mol. The third kappa shape index (κ3) is 6.14. The maximum absolute atomic E-state index is 12.7. The molecule has 1 saturated heterocycles. The summed E-state index contributed by atoms with van der Waals surface area (Å²) >= 11 is 1.76. The van der Waals surface area contributed by atoms with Gasteiger partial charge in [-0.3, -0.25) is 9.59 Å². The van der Waals surface area contributed by atoms with Crippen LogP contribution in [0, 0.1) is 0 Å². The summed E-state index contributed by atoms with van der Waals surface area (Å²) in [5.74, 6) is 0.866. The summed E-state index contributed by atoms with van der Waals surface area (Å²) < 4.78 is 5.29. The highest BCUT2D eigenvalue weighted by molar-refractivity contribution is 7.99. The summed E-state index contributed by atoms with van der Waals surface area (Å²) in [6.07, 6.45) is 1.39. The van der Waals surface area contributed by atoms with Crippen LogP contribution < -0.4 is 10.2 Å². The van der Waals surface area contributed by atoms with Gasteiger partial charge in [0.1, 0.15) is 5.60 Å². The molecule has 0 atom stereocenters. The van der Waals surface area contributed by atoms with Gasteiger partial charge in [0.2, 0.25) is 11.8 Å². The van der Waals surface area contributed by atoms with Crippen molar-refractivity contribution in [3.8, 4) is 0 Å². The van der Waals surface area contributed by atoms with Gasteiger partial charge in [0, 0.05) is 49.2 Å². The zero-order valence-corrected chi connectivity index (χ0v) is 18.8. The van der Waals surface area contributed by atoms with Crippen molar-refractivity contribution in [1.29, 1.82) is 0 Å². The summed E-state index contributed by atoms with van der Waals surface area (Å²) in [6.45, 7) is 7.33. The molecule has 8 heteroatoms. The number of carbonyl (C=O) groups is 3. The maximum atomic E-state index is 12.7. The van der Waals surface area contributed by atoms with Crippen molar-refractivity contribution >= 4 is 35.4 Å². The van der Waals surface area contributed by atoms with E-state index in [0.29, 0.717) is 32.5 Å². The van der Waals surface area contributed by atoms with Gasteiger partial charge in [0.25, 0.3) is 0 Å². The fraction of sp³-hybridized carbons (Fsp3) is 0.591. The molecule has 2 aliphatic heterocycles. The Bertz CT molecular complexity index is 785. The van der Waals surface area contributed by atoms with Crippen LogP contribution in [-0.4, -0.2) is 59.8 Å². The molecule has 3 rings (SSSR count). The van der Waals surface area contributed by atoms with Crippen LogP contribution in [0.1, 0.15) is 46.5 Å². The molecule has 1 aromatic rings. The van der Waals surface area contributed by atoms with E-state index in [2.05, 4.69) is 5.32 Å². The van der Waals surface area contributed by atoms with Crippen molar-refractivity contribution in [3.63, 3.8) is 0 Å². The SMILES string of the molecule is CC(C)(C)OC(=O)NC1CCN(C(=O)CCC(=O)N2CCSc3ccccc32)CC1. The van der Waals surface area contributed by atoms with Crippen LogP contribution >= 0.6 is 11.8 Å². The Morgan fingerprint density at radius 2 is 1.73 bits per heavy atom. The Morgan fingerprint density at radius 1 is 1.07 bits per heavy atom. The lowest BCUT2D eigenvalue weighted by atomic mass is 10.0. The largest absolute Gasteiger partial charge is 0.444 e. The minimum absolute atomic E-state index is 0.00117. The van der Waals surface area contributed by atoms with Gasteiger partial charge >= 0.3 is 6.09 Å². The molecule has 0 bridgehead atoms. The maximum Gasteiger partial charge on any atom is 0.407 e. The van der Waals surface area contributed by atoms with E-state index in [-0.39, 0.29) is 30.7 Å². The van der Waals surface area contributed by atoms with Gasteiger partial charge in [-0.1, -0.05) is 12.1 Å². The molecule has 2 heterocycles. The van der Waals surface area contributed by atoms with Gasteiger partial charge in [0.15, 0.2) is 0 Å². The van der Waals surface area contributed by atoms with Crippen LogP contribution in [0.2, 0.25) is 0 Å². The van der Waals surface area contributed by atoms with E-state index in [1.54, 1.807) is 21.6 Å². The van der Waals surface area contributed by atoms with Crippen LogP contribution in [0.5, 0.6) is 0 Å². The van der Waals surface area contributed by atoms with Crippen molar-refractivity contribution in [3.05, 3.63) is 24.3 Å². The number of carbonyl (C=O) groups excluding carboxylic acids is 3. The molecule has 2 aliphatic rings. The monoisotopic (exact) mass is 433 g/mol. The summed E-state index contributed by atoms with van der Waals surface area (Å²) in [4.78, 5) is 41.9. The number of para-hydroxylation sites is 1. The van der Waals surface area contributed by atoms with Gasteiger partial charge in [-0.2, -0.15) is 0 Å². The zero-order chi connectivity index (χ0) is 21.7. The van der Waals surface area contributed by atoms with Crippen LogP contribution in [0.4, 0.5) is 10.5 Å². The number of hydrogen-bond donors (Lipinski definition) is 1. The van der Waals surface area contributed by atoms with E-state index >= 15 is 0 Å². The molecule has 0 aliphatic carbocycles. The van der Waals surface area contributed by atoms with Crippen LogP contribution in [0.25, 0.3) is 0 Å². The minimum atomic E-state index is -0.527. The molecule has 0 spiro atoms. The standard InChI is InChI=1S/C22H31N3O4S/c1-22(2,3)29-21(28)23-16-10-12-24(13-11-16)19(26)8-9-20(27)25-14-15-30-18-7-5-4-6-17(18)25/h4-7,16H,8-15H2,1-3H3,(H,23,28). The van der Waals surface area contributed by atoms with E-state index in [0.717, 1.165) is 16.3 Å². The first-order valence-corrected chi connectivity index (χ1v) is 11.5. The molecule has 30 heavy (non-hydrogen) atoms. The quantitative estimate of drug-likeness (QED) is 0.787.